The minimum atomic E-state index is -0.401. The minimum Gasteiger partial charge on any atom is -0.355 e. The van der Waals surface area contributed by atoms with Crippen LogP contribution >= 0.6 is 0 Å². The Morgan fingerprint density at radius 2 is 2.07 bits per heavy atom. The van der Waals surface area contributed by atoms with E-state index >= 15 is 0 Å². The van der Waals surface area contributed by atoms with Crippen LogP contribution in [0.1, 0.15) is 40.0 Å². The highest BCUT2D eigenvalue weighted by Gasteiger charge is 2.27. The number of rotatable bonds is 4. The molecule has 1 rings (SSSR count). The van der Waals surface area contributed by atoms with E-state index in [2.05, 4.69) is 5.32 Å². The zero-order valence-electron chi connectivity index (χ0n) is 9.47. The molecule has 1 fully saturated rings. The molecule has 0 bridgehead atoms. The van der Waals surface area contributed by atoms with Crippen molar-refractivity contribution < 1.29 is 4.79 Å². The minimum absolute atomic E-state index is 0.0156. The third-order valence-corrected chi connectivity index (χ3v) is 2.76. The molecule has 3 N–H and O–H groups in total. The highest BCUT2D eigenvalue weighted by atomic mass is 16.2. The molecule has 3 nitrogen and oxygen atoms in total. The van der Waals surface area contributed by atoms with E-state index in [1.54, 1.807) is 0 Å². The van der Waals surface area contributed by atoms with Crippen LogP contribution in [0.25, 0.3) is 0 Å². The van der Waals surface area contributed by atoms with Gasteiger partial charge >= 0.3 is 0 Å². The predicted molar refractivity (Wildman–Crippen MR) is 57.8 cm³/mol. The Hall–Kier alpha value is -0.570. The lowest BCUT2D eigenvalue weighted by Crippen LogP contribution is -2.48. The Morgan fingerprint density at radius 1 is 1.50 bits per heavy atom. The molecule has 1 atom stereocenters. The van der Waals surface area contributed by atoms with Crippen molar-refractivity contribution in [3.05, 3.63) is 0 Å². The molecule has 14 heavy (non-hydrogen) atoms. The van der Waals surface area contributed by atoms with Gasteiger partial charge in [0.05, 0.1) is 6.04 Å². The van der Waals surface area contributed by atoms with Gasteiger partial charge in [-0.3, -0.25) is 4.79 Å². The third-order valence-electron chi connectivity index (χ3n) is 2.76. The first kappa shape index (κ1) is 11.5. The molecular formula is C11H22N2O. The van der Waals surface area contributed by atoms with Crippen LogP contribution < -0.4 is 11.1 Å². The monoisotopic (exact) mass is 198 g/mol. The van der Waals surface area contributed by atoms with Gasteiger partial charge in [0.2, 0.25) is 5.91 Å². The van der Waals surface area contributed by atoms with Crippen molar-refractivity contribution in [2.75, 3.05) is 6.54 Å². The molecule has 0 aromatic rings. The second kappa shape index (κ2) is 4.30. The second-order valence-electron chi connectivity index (χ2n) is 5.37. The number of carbonyl (C=O) groups excluding carboxylic acids is 1. The molecule has 82 valence electrons. The smallest absolute Gasteiger partial charge is 0.237 e. The molecule has 0 radical (unpaired) electrons. The van der Waals surface area contributed by atoms with Crippen LogP contribution in [-0.4, -0.2) is 18.5 Å². The summed E-state index contributed by atoms with van der Waals surface area (Å²) in [4.78, 5) is 11.6. The molecule has 3 heteroatoms. The van der Waals surface area contributed by atoms with Crippen molar-refractivity contribution in [3.63, 3.8) is 0 Å². The Morgan fingerprint density at radius 3 is 2.50 bits per heavy atom. The molecule has 0 unspecified atom stereocenters. The Labute approximate surface area is 86.4 Å². The molecule has 0 saturated heterocycles. The van der Waals surface area contributed by atoms with E-state index in [4.69, 9.17) is 5.73 Å². The summed E-state index contributed by atoms with van der Waals surface area (Å²) in [6, 6.07) is -0.401. The fraction of sp³-hybridized carbons (Fsp3) is 0.909. The average molecular weight is 198 g/mol. The van der Waals surface area contributed by atoms with E-state index in [-0.39, 0.29) is 11.3 Å². The second-order valence-corrected chi connectivity index (χ2v) is 5.37. The molecule has 0 spiro atoms. The quantitative estimate of drug-likeness (QED) is 0.715. The summed E-state index contributed by atoms with van der Waals surface area (Å²) < 4.78 is 0. The van der Waals surface area contributed by atoms with Gasteiger partial charge in [0.15, 0.2) is 0 Å². The van der Waals surface area contributed by atoms with Crippen molar-refractivity contribution in [2.24, 2.45) is 17.1 Å². The summed E-state index contributed by atoms with van der Waals surface area (Å²) in [6.45, 7) is 6.74. The van der Waals surface area contributed by atoms with E-state index in [0.717, 1.165) is 18.9 Å². The van der Waals surface area contributed by atoms with Gasteiger partial charge in [0, 0.05) is 6.54 Å². The summed E-state index contributed by atoms with van der Waals surface area (Å²) in [7, 11) is 0. The van der Waals surface area contributed by atoms with Gasteiger partial charge in [-0.25, -0.2) is 0 Å². The maximum absolute atomic E-state index is 11.6. The molecule has 0 aromatic heterocycles. The van der Waals surface area contributed by atoms with Crippen LogP contribution in [0.2, 0.25) is 0 Å². The zero-order valence-corrected chi connectivity index (χ0v) is 9.47. The van der Waals surface area contributed by atoms with Gasteiger partial charge in [-0.15, -0.1) is 0 Å². The number of carbonyl (C=O) groups is 1. The number of hydrogen-bond donors (Lipinski definition) is 2. The lowest BCUT2D eigenvalue weighted by molar-refractivity contribution is -0.124. The van der Waals surface area contributed by atoms with Gasteiger partial charge in [0.25, 0.3) is 0 Å². The topological polar surface area (TPSA) is 55.1 Å². The Bertz CT molecular complexity index is 204. The van der Waals surface area contributed by atoms with E-state index in [1.165, 1.54) is 12.8 Å². The standard InChI is InChI=1S/C11H22N2O/c1-11(2,3)9(12)10(14)13-7-6-8-4-5-8/h8-9H,4-7,12H2,1-3H3,(H,13,14)/t9-/m1/s1. The summed E-state index contributed by atoms with van der Waals surface area (Å²) in [5.41, 5.74) is 5.67. The third kappa shape index (κ3) is 3.66. The maximum atomic E-state index is 11.6. The summed E-state index contributed by atoms with van der Waals surface area (Å²) in [5, 5.41) is 2.90. The average Bonchev–Trinajstić information content (AvgIpc) is 2.85. The van der Waals surface area contributed by atoms with Gasteiger partial charge in [0.1, 0.15) is 0 Å². The first-order chi connectivity index (χ1) is 6.41. The lowest BCUT2D eigenvalue weighted by Gasteiger charge is -2.25. The van der Waals surface area contributed by atoms with Gasteiger partial charge in [-0.2, -0.15) is 0 Å². The van der Waals surface area contributed by atoms with Crippen LogP contribution in [0.4, 0.5) is 0 Å². The zero-order chi connectivity index (χ0) is 10.8. The molecule has 0 aliphatic heterocycles. The highest BCUT2D eigenvalue weighted by molar-refractivity contribution is 5.82. The van der Waals surface area contributed by atoms with Crippen LogP contribution in [0.5, 0.6) is 0 Å². The fourth-order valence-corrected chi connectivity index (χ4v) is 1.31. The lowest BCUT2D eigenvalue weighted by atomic mass is 9.87. The Kier molecular flexibility index (Phi) is 3.53. The van der Waals surface area contributed by atoms with Crippen LogP contribution in [0.15, 0.2) is 0 Å². The Balaban J connectivity index is 2.19. The fourth-order valence-electron chi connectivity index (χ4n) is 1.31. The van der Waals surface area contributed by atoms with Gasteiger partial charge < -0.3 is 11.1 Å². The molecule has 1 amide bonds. The van der Waals surface area contributed by atoms with Crippen molar-refractivity contribution in [3.8, 4) is 0 Å². The first-order valence-electron chi connectivity index (χ1n) is 5.44. The molecular weight excluding hydrogens is 176 g/mol. The molecule has 0 aromatic carbocycles. The van der Waals surface area contributed by atoms with E-state index < -0.39 is 6.04 Å². The molecule has 1 saturated carbocycles. The van der Waals surface area contributed by atoms with Crippen molar-refractivity contribution in [2.45, 2.75) is 46.1 Å². The summed E-state index contributed by atoms with van der Waals surface area (Å²) >= 11 is 0. The van der Waals surface area contributed by atoms with Crippen LogP contribution in [0, 0.1) is 11.3 Å². The molecule has 0 heterocycles. The van der Waals surface area contributed by atoms with Gasteiger partial charge in [-0.1, -0.05) is 33.6 Å². The molecule has 1 aliphatic carbocycles. The predicted octanol–water partition coefficient (Wildman–Crippen LogP) is 1.28. The number of amides is 1. The highest BCUT2D eigenvalue weighted by Crippen LogP contribution is 2.31. The number of nitrogens with two attached hydrogens (primary N) is 1. The normalized spacial score (nSPS) is 19.1. The van der Waals surface area contributed by atoms with E-state index in [1.807, 2.05) is 20.8 Å². The van der Waals surface area contributed by atoms with Crippen molar-refractivity contribution in [1.29, 1.82) is 0 Å². The largest absolute Gasteiger partial charge is 0.355 e. The summed E-state index contributed by atoms with van der Waals surface area (Å²) in [5.74, 6) is 0.847. The van der Waals surface area contributed by atoms with Crippen LogP contribution in [0.3, 0.4) is 0 Å². The van der Waals surface area contributed by atoms with Crippen molar-refractivity contribution in [1.82, 2.24) is 5.32 Å². The van der Waals surface area contributed by atoms with Crippen molar-refractivity contribution >= 4 is 5.91 Å². The number of hydrogen-bond acceptors (Lipinski definition) is 2. The first-order valence-corrected chi connectivity index (χ1v) is 5.44. The number of nitrogens with one attached hydrogen (secondary N) is 1. The maximum Gasteiger partial charge on any atom is 0.237 e. The SMILES string of the molecule is CC(C)(C)[C@H](N)C(=O)NCCC1CC1. The molecule has 1 aliphatic rings. The van der Waals surface area contributed by atoms with E-state index in [9.17, 15) is 4.79 Å². The van der Waals surface area contributed by atoms with Gasteiger partial charge in [-0.05, 0) is 17.8 Å². The van der Waals surface area contributed by atoms with E-state index in [0.29, 0.717) is 0 Å². The summed E-state index contributed by atoms with van der Waals surface area (Å²) in [6.07, 6.45) is 3.78. The van der Waals surface area contributed by atoms with Crippen LogP contribution in [-0.2, 0) is 4.79 Å².